The standard InChI is InChI=1S/C13H14ClN3O2/c14-11-8-16-17(9-11)5-4-15-13(19)7-10-2-1-3-12(18)6-10/h1-3,6,8-9,18H,4-5,7H2,(H,15,19). The number of nitrogens with zero attached hydrogens (tertiary/aromatic N) is 2. The van der Waals surface area contributed by atoms with Crippen molar-refractivity contribution >= 4 is 17.5 Å². The molecular formula is C13H14ClN3O2. The van der Waals surface area contributed by atoms with Crippen LogP contribution in [0.25, 0.3) is 0 Å². The van der Waals surface area contributed by atoms with Crippen LogP contribution >= 0.6 is 11.6 Å². The van der Waals surface area contributed by atoms with Gasteiger partial charge in [-0.05, 0) is 17.7 Å². The van der Waals surface area contributed by atoms with Gasteiger partial charge in [-0.15, -0.1) is 0 Å². The molecule has 0 bridgehead atoms. The van der Waals surface area contributed by atoms with Crippen LogP contribution in [0.2, 0.25) is 5.02 Å². The minimum absolute atomic E-state index is 0.0937. The molecular weight excluding hydrogens is 266 g/mol. The number of phenols is 1. The first-order valence-corrected chi connectivity index (χ1v) is 6.24. The van der Waals surface area contributed by atoms with E-state index in [1.165, 1.54) is 0 Å². The van der Waals surface area contributed by atoms with Gasteiger partial charge in [0, 0.05) is 12.7 Å². The number of carbonyl (C=O) groups is 1. The molecule has 1 aromatic heterocycles. The molecule has 1 aromatic carbocycles. The average Bonchev–Trinajstić information content (AvgIpc) is 2.75. The fourth-order valence-corrected chi connectivity index (χ4v) is 1.84. The summed E-state index contributed by atoms with van der Waals surface area (Å²) in [6, 6.07) is 6.66. The van der Waals surface area contributed by atoms with E-state index in [-0.39, 0.29) is 18.1 Å². The van der Waals surface area contributed by atoms with E-state index in [0.29, 0.717) is 18.1 Å². The maximum Gasteiger partial charge on any atom is 0.224 e. The van der Waals surface area contributed by atoms with Crippen LogP contribution in [0.1, 0.15) is 5.56 Å². The molecule has 0 fully saturated rings. The highest BCUT2D eigenvalue weighted by Crippen LogP contribution is 2.11. The molecule has 1 heterocycles. The van der Waals surface area contributed by atoms with Crippen LogP contribution in [-0.4, -0.2) is 27.3 Å². The number of rotatable bonds is 5. The number of aromatic hydroxyl groups is 1. The summed E-state index contributed by atoms with van der Waals surface area (Å²) in [6.07, 6.45) is 3.49. The van der Waals surface area contributed by atoms with E-state index in [1.54, 1.807) is 41.3 Å². The molecule has 0 atom stereocenters. The lowest BCUT2D eigenvalue weighted by Crippen LogP contribution is -2.28. The molecule has 19 heavy (non-hydrogen) atoms. The molecule has 0 saturated carbocycles. The Kier molecular flexibility index (Phi) is 4.41. The van der Waals surface area contributed by atoms with Crippen LogP contribution in [-0.2, 0) is 17.8 Å². The minimum Gasteiger partial charge on any atom is -0.508 e. The molecule has 0 aliphatic rings. The smallest absolute Gasteiger partial charge is 0.224 e. The van der Waals surface area contributed by atoms with E-state index in [9.17, 15) is 9.90 Å². The Morgan fingerprint density at radius 3 is 3.00 bits per heavy atom. The minimum atomic E-state index is -0.0937. The Hall–Kier alpha value is -2.01. The van der Waals surface area contributed by atoms with Gasteiger partial charge in [0.15, 0.2) is 0 Å². The molecule has 100 valence electrons. The van der Waals surface area contributed by atoms with Crippen LogP contribution in [0.5, 0.6) is 5.75 Å². The summed E-state index contributed by atoms with van der Waals surface area (Å²) in [6.45, 7) is 1.05. The van der Waals surface area contributed by atoms with Crippen molar-refractivity contribution in [3.05, 3.63) is 47.2 Å². The average molecular weight is 280 g/mol. The van der Waals surface area contributed by atoms with Crippen molar-refractivity contribution in [2.45, 2.75) is 13.0 Å². The Bertz CT molecular complexity index is 569. The maximum absolute atomic E-state index is 11.7. The Balaban J connectivity index is 1.76. The molecule has 6 heteroatoms. The quantitative estimate of drug-likeness (QED) is 0.874. The fourth-order valence-electron chi connectivity index (χ4n) is 1.68. The number of nitrogens with one attached hydrogen (secondary N) is 1. The number of phenolic OH excluding ortho intramolecular Hbond substituents is 1. The van der Waals surface area contributed by atoms with Crippen LogP contribution in [0.3, 0.4) is 0 Å². The molecule has 0 unspecified atom stereocenters. The van der Waals surface area contributed by atoms with E-state index in [4.69, 9.17) is 11.6 Å². The Labute approximate surface area is 115 Å². The lowest BCUT2D eigenvalue weighted by atomic mass is 10.1. The first kappa shape index (κ1) is 13.4. The number of amides is 1. The highest BCUT2D eigenvalue weighted by Gasteiger charge is 2.03. The molecule has 2 N–H and O–H groups in total. The Morgan fingerprint density at radius 2 is 2.32 bits per heavy atom. The number of benzene rings is 1. The van der Waals surface area contributed by atoms with Crippen molar-refractivity contribution in [2.24, 2.45) is 0 Å². The van der Waals surface area contributed by atoms with Gasteiger partial charge in [0.1, 0.15) is 5.75 Å². The lowest BCUT2D eigenvalue weighted by molar-refractivity contribution is -0.120. The highest BCUT2D eigenvalue weighted by atomic mass is 35.5. The van der Waals surface area contributed by atoms with Crippen molar-refractivity contribution in [3.63, 3.8) is 0 Å². The number of hydrogen-bond acceptors (Lipinski definition) is 3. The second-order valence-corrected chi connectivity index (χ2v) is 4.55. The zero-order valence-electron chi connectivity index (χ0n) is 10.2. The molecule has 0 spiro atoms. The largest absolute Gasteiger partial charge is 0.508 e. The van der Waals surface area contributed by atoms with E-state index in [1.807, 2.05) is 0 Å². The maximum atomic E-state index is 11.7. The third-order valence-electron chi connectivity index (χ3n) is 2.54. The van der Waals surface area contributed by atoms with Gasteiger partial charge in [-0.3, -0.25) is 9.48 Å². The van der Waals surface area contributed by atoms with Crippen LogP contribution in [0.15, 0.2) is 36.7 Å². The molecule has 1 amide bonds. The van der Waals surface area contributed by atoms with E-state index < -0.39 is 0 Å². The normalized spacial score (nSPS) is 10.4. The molecule has 2 aromatic rings. The predicted molar refractivity (Wildman–Crippen MR) is 72.1 cm³/mol. The van der Waals surface area contributed by atoms with E-state index in [2.05, 4.69) is 10.4 Å². The van der Waals surface area contributed by atoms with Gasteiger partial charge in [0.2, 0.25) is 5.91 Å². The number of hydrogen-bond donors (Lipinski definition) is 2. The second kappa shape index (κ2) is 6.24. The fraction of sp³-hybridized carbons (Fsp3) is 0.231. The van der Waals surface area contributed by atoms with E-state index >= 15 is 0 Å². The number of aromatic nitrogens is 2. The summed E-state index contributed by atoms with van der Waals surface area (Å²) < 4.78 is 1.66. The van der Waals surface area contributed by atoms with Crippen molar-refractivity contribution in [3.8, 4) is 5.75 Å². The SMILES string of the molecule is O=C(Cc1cccc(O)c1)NCCn1cc(Cl)cn1. The molecule has 5 nitrogen and oxygen atoms in total. The zero-order valence-corrected chi connectivity index (χ0v) is 11.0. The first-order valence-electron chi connectivity index (χ1n) is 5.86. The molecule has 0 saturated heterocycles. The van der Waals surface area contributed by atoms with Gasteiger partial charge in [0.05, 0.1) is 24.2 Å². The van der Waals surface area contributed by atoms with Gasteiger partial charge in [-0.1, -0.05) is 23.7 Å². The van der Waals surface area contributed by atoms with Crippen LogP contribution in [0.4, 0.5) is 0 Å². The summed E-state index contributed by atoms with van der Waals surface area (Å²) in [5, 5.41) is 16.7. The van der Waals surface area contributed by atoms with E-state index in [0.717, 1.165) is 5.56 Å². The van der Waals surface area contributed by atoms with Gasteiger partial charge in [-0.25, -0.2) is 0 Å². The Morgan fingerprint density at radius 1 is 1.47 bits per heavy atom. The van der Waals surface area contributed by atoms with Gasteiger partial charge in [-0.2, -0.15) is 5.10 Å². The van der Waals surface area contributed by atoms with Gasteiger partial charge < -0.3 is 10.4 Å². The molecule has 0 aliphatic carbocycles. The summed E-state index contributed by atoms with van der Waals surface area (Å²) in [5.74, 6) is 0.0698. The summed E-state index contributed by atoms with van der Waals surface area (Å²) >= 11 is 5.73. The molecule has 2 rings (SSSR count). The third kappa shape index (κ3) is 4.30. The third-order valence-corrected chi connectivity index (χ3v) is 2.74. The van der Waals surface area contributed by atoms with Crippen molar-refractivity contribution in [1.29, 1.82) is 0 Å². The lowest BCUT2D eigenvalue weighted by Gasteiger charge is -2.05. The number of carbonyl (C=O) groups excluding carboxylic acids is 1. The summed E-state index contributed by atoms with van der Waals surface area (Å²) in [7, 11) is 0. The zero-order chi connectivity index (χ0) is 13.7. The molecule has 0 aliphatic heterocycles. The highest BCUT2D eigenvalue weighted by molar-refractivity contribution is 6.30. The van der Waals surface area contributed by atoms with Crippen molar-refractivity contribution < 1.29 is 9.90 Å². The topological polar surface area (TPSA) is 67.2 Å². The summed E-state index contributed by atoms with van der Waals surface area (Å²) in [4.78, 5) is 11.7. The van der Waals surface area contributed by atoms with Gasteiger partial charge >= 0.3 is 0 Å². The van der Waals surface area contributed by atoms with Crippen molar-refractivity contribution in [1.82, 2.24) is 15.1 Å². The van der Waals surface area contributed by atoms with Crippen LogP contribution in [0, 0.1) is 0 Å². The monoisotopic (exact) mass is 279 g/mol. The first-order chi connectivity index (χ1) is 9.13. The summed E-state index contributed by atoms with van der Waals surface area (Å²) in [5.41, 5.74) is 0.777. The second-order valence-electron chi connectivity index (χ2n) is 4.12. The van der Waals surface area contributed by atoms with Crippen LogP contribution < -0.4 is 5.32 Å². The van der Waals surface area contributed by atoms with Crippen molar-refractivity contribution in [2.75, 3.05) is 6.54 Å². The predicted octanol–water partition coefficient (Wildman–Crippen LogP) is 1.60. The van der Waals surface area contributed by atoms with Gasteiger partial charge in [0.25, 0.3) is 0 Å². The molecule has 0 radical (unpaired) electrons. The number of halogens is 1.